The molecule has 1 rings (SSSR count). The summed E-state index contributed by atoms with van der Waals surface area (Å²) in [6.45, 7) is 7.32. The number of carbonyl (C=O) groups excluding carboxylic acids is 1. The lowest BCUT2D eigenvalue weighted by Crippen LogP contribution is -2.51. The van der Waals surface area contributed by atoms with Gasteiger partial charge in [-0.15, -0.1) is 5.16 Å². The van der Waals surface area contributed by atoms with Crippen molar-refractivity contribution in [1.82, 2.24) is 4.90 Å². The van der Waals surface area contributed by atoms with Gasteiger partial charge in [0.05, 0.1) is 12.8 Å². The monoisotopic (exact) mass is 260 g/mol. The molecular formula is C12H21FN2O3. The predicted octanol–water partition coefficient (Wildman–Crippen LogP) is 2.43. The zero-order valence-corrected chi connectivity index (χ0v) is 11.3. The van der Waals surface area contributed by atoms with E-state index in [1.807, 2.05) is 0 Å². The number of carbonyl (C=O) groups is 1. The van der Waals surface area contributed by atoms with Crippen molar-refractivity contribution in [3.05, 3.63) is 0 Å². The smallest absolute Gasteiger partial charge is 0.410 e. The molecule has 1 saturated heterocycles. The summed E-state index contributed by atoms with van der Waals surface area (Å²) in [5.74, 6) is 0. The van der Waals surface area contributed by atoms with Gasteiger partial charge in [0.2, 0.25) is 0 Å². The van der Waals surface area contributed by atoms with Gasteiger partial charge in [-0.25, -0.2) is 9.18 Å². The molecule has 18 heavy (non-hydrogen) atoms. The highest BCUT2D eigenvalue weighted by atomic mass is 19.1. The fourth-order valence-electron chi connectivity index (χ4n) is 1.80. The van der Waals surface area contributed by atoms with Crippen LogP contribution in [0.5, 0.6) is 0 Å². The van der Waals surface area contributed by atoms with Crippen LogP contribution in [0.25, 0.3) is 0 Å². The van der Waals surface area contributed by atoms with Gasteiger partial charge in [-0.2, -0.15) is 0 Å². The van der Waals surface area contributed by atoms with E-state index in [1.54, 1.807) is 27.7 Å². The number of piperidine rings is 1. The van der Waals surface area contributed by atoms with E-state index >= 15 is 0 Å². The Morgan fingerprint density at radius 1 is 1.61 bits per heavy atom. The summed E-state index contributed by atoms with van der Waals surface area (Å²) < 4.78 is 19.2. The predicted molar refractivity (Wildman–Crippen MR) is 65.7 cm³/mol. The van der Waals surface area contributed by atoms with Crippen molar-refractivity contribution in [2.75, 3.05) is 13.1 Å². The first-order chi connectivity index (χ1) is 8.18. The molecule has 0 aromatic rings. The average Bonchev–Trinajstić information content (AvgIpc) is 2.20. The molecule has 0 unspecified atom stereocenters. The minimum absolute atomic E-state index is 0.0442. The zero-order valence-electron chi connectivity index (χ0n) is 11.3. The van der Waals surface area contributed by atoms with Gasteiger partial charge in [0.15, 0.2) is 0 Å². The van der Waals surface area contributed by atoms with Gasteiger partial charge in [0.25, 0.3) is 0 Å². The fourth-order valence-corrected chi connectivity index (χ4v) is 1.80. The van der Waals surface area contributed by atoms with Gasteiger partial charge in [0, 0.05) is 12.0 Å². The third kappa shape index (κ3) is 3.58. The molecule has 1 aliphatic heterocycles. The van der Waals surface area contributed by atoms with Crippen molar-refractivity contribution in [2.45, 2.75) is 45.9 Å². The molecule has 1 amide bonds. The number of hydrogen-bond donors (Lipinski definition) is 1. The molecule has 0 aromatic heterocycles. The Bertz CT molecular complexity index is 341. The van der Waals surface area contributed by atoms with Crippen molar-refractivity contribution in [3.8, 4) is 0 Å². The van der Waals surface area contributed by atoms with Crippen LogP contribution in [0, 0.1) is 5.41 Å². The Hall–Kier alpha value is -1.33. The second kappa shape index (κ2) is 5.12. The summed E-state index contributed by atoms with van der Waals surface area (Å²) in [4.78, 5) is 13.1. The van der Waals surface area contributed by atoms with Crippen LogP contribution in [0.15, 0.2) is 5.16 Å². The number of hydrogen-bond acceptors (Lipinski definition) is 4. The van der Waals surface area contributed by atoms with E-state index < -0.39 is 23.3 Å². The Kier molecular flexibility index (Phi) is 4.19. The first kappa shape index (κ1) is 14.7. The van der Waals surface area contributed by atoms with Gasteiger partial charge in [-0.05, 0) is 27.2 Å². The Morgan fingerprint density at radius 3 is 2.67 bits per heavy atom. The van der Waals surface area contributed by atoms with E-state index in [-0.39, 0.29) is 6.54 Å². The largest absolute Gasteiger partial charge is 0.444 e. The maximum atomic E-state index is 14.0. The molecular weight excluding hydrogens is 239 g/mol. The molecule has 1 fully saturated rings. The van der Waals surface area contributed by atoms with Gasteiger partial charge >= 0.3 is 6.09 Å². The lowest BCUT2D eigenvalue weighted by Gasteiger charge is -2.39. The summed E-state index contributed by atoms with van der Waals surface area (Å²) in [6, 6.07) is 0. The summed E-state index contributed by atoms with van der Waals surface area (Å²) in [7, 11) is 0. The SMILES string of the molecule is CC(C)(C)OC(=O)N1CC[C@@](C)(/C=N\O)[C@@H](F)C1. The van der Waals surface area contributed by atoms with Gasteiger partial charge in [0.1, 0.15) is 11.8 Å². The third-order valence-corrected chi connectivity index (χ3v) is 3.02. The number of oxime groups is 1. The second-order valence-electron chi connectivity index (χ2n) is 5.89. The van der Waals surface area contributed by atoms with Crippen LogP contribution in [0.3, 0.4) is 0 Å². The average molecular weight is 260 g/mol. The number of ether oxygens (including phenoxy) is 1. The minimum Gasteiger partial charge on any atom is -0.444 e. The van der Waals surface area contributed by atoms with Crippen molar-refractivity contribution in [3.63, 3.8) is 0 Å². The van der Waals surface area contributed by atoms with Crippen LogP contribution in [-0.4, -0.2) is 47.3 Å². The topological polar surface area (TPSA) is 62.1 Å². The fraction of sp³-hybridized carbons (Fsp3) is 0.833. The van der Waals surface area contributed by atoms with E-state index in [1.165, 1.54) is 11.1 Å². The van der Waals surface area contributed by atoms with Crippen LogP contribution in [0.2, 0.25) is 0 Å². The number of halogens is 1. The summed E-state index contributed by atoms with van der Waals surface area (Å²) in [6.07, 6.45) is -0.176. The second-order valence-corrected chi connectivity index (χ2v) is 5.89. The molecule has 0 aliphatic carbocycles. The number of alkyl halides is 1. The van der Waals surface area contributed by atoms with Crippen molar-refractivity contribution in [2.24, 2.45) is 10.6 Å². The molecule has 6 heteroatoms. The summed E-state index contributed by atoms with van der Waals surface area (Å²) >= 11 is 0. The molecule has 0 saturated carbocycles. The maximum absolute atomic E-state index is 14.0. The molecule has 0 bridgehead atoms. The first-order valence-electron chi connectivity index (χ1n) is 5.98. The third-order valence-electron chi connectivity index (χ3n) is 3.02. The van der Waals surface area contributed by atoms with Crippen LogP contribution in [0.4, 0.5) is 9.18 Å². The Labute approximate surface area is 107 Å². The van der Waals surface area contributed by atoms with Gasteiger partial charge in [-0.1, -0.05) is 6.92 Å². The molecule has 0 spiro atoms. The van der Waals surface area contributed by atoms with Crippen LogP contribution < -0.4 is 0 Å². The number of amides is 1. The number of nitrogens with zero attached hydrogens (tertiary/aromatic N) is 2. The van der Waals surface area contributed by atoms with Crippen molar-refractivity contribution < 1.29 is 19.1 Å². The zero-order chi connectivity index (χ0) is 14.0. The van der Waals surface area contributed by atoms with Crippen LogP contribution in [0.1, 0.15) is 34.1 Å². The molecule has 1 aliphatic rings. The highest BCUT2D eigenvalue weighted by Crippen LogP contribution is 2.32. The Morgan fingerprint density at radius 2 is 2.22 bits per heavy atom. The van der Waals surface area contributed by atoms with E-state index in [4.69, 9.17) is 9.94 Å². The highest BCUT2D eigenvalue weighted by Gasteiger charge is 2.41. The standard InChI is InChI=1S/C12H21FN2O3/c1-11(2,3)18-10(16)15-6-5-12(4,8-14-17)9(13)7-15/h8-9,17H,5-7H2,1-4H3/b14-8-/t9-,12-/m0/s1. The van der Waals surface area contributed by atoms with Crippen molar-refractivity contribution in [1.29, 1.82) is 0 Å². The quantitative estimate of drug-likeness (QED) is 0.447. The highest BCUT2D eigenvalue weighted by molar-refractivity contribution is 5.70. The summed E-state index contributed by atoms with van der Waals surface area (Å²) in [5.41, 5.74) is -1.41. The number of rotatable bonds is 1. The van der Waals surface area contributed by atoms with E-state index in [9.17, 15) is 9.18 Å². The van der Waals surface area contributed by atoms with E-state index in [0.717, 1.165) is 0 Å². The van der Waals surface area contributed by atoms with Gasteiger partial charge < -0.3 is 14.8 Å². The number of likely N-dealkylation sites (tertiary alicyclic amines) is 1. The van der Waals surface area contributed by atoms with Gasteiger partial charge in [-0.3, -0.25) is 0 Å². The van der Waals surface area contributed by atoms with Crippen LogP contribution >= 0.6 is 0 Å². The maximum Gasteiger partial charge on any atom is 0.410 e. The normalized spacial score (nSPS) is 29.6. The van der Waals surface area contributed by atoms with E-state index in [2.05, 4.69) is 5.16 Å². The summed E-state index contributed by atoms with van der Waals surface area (Å²) in [5, 5.41) is 11.4. The molecule has 0 radical (unpaired) electrons. The molecule has 0 aromatic carbocycles. The molecule has 5 nitrogen and oxygen atoms in total. The lowest BCUT2D eigenvalue weighted by molar-refractivity contribution is 0.000446. The molecule has 1 heterocycles. The lowest BCUT2D eigenvalue weighted by atomic mass is 9.80. The molecule has 2 atom stereocenters. The van der Waals surface area contributed by atoms with E-state index in [0.29, 0.717) is 13.0 Å². The molecule has 1 N–H and O–H groups in total. The minimum atomic E-state index is -1.27. The molecule has 104 valence electrons. The first-order valence-corrected chi connectivity index (χ1v) is 5.98. The van der Waals surface area contributed by atoms with Crippen molar-refractivity contribution >= 4 is 12.3 Å². The Balaban J connectivity index is 2.64. The van der Waals surface area contributed by atoms with Crippen LogP contribution in [-0.2, 0) is 4.74 Å².